The SMILES string of the molecule is COCCOCO[C@H]1C[C@@H](N2CCCC(Nc3cc(Cl)cc(Cl)c3)C2=O)C(=O)N(c2ncnc(N)c2F)C1. The van der Waals surface area contributed by atoms with E-state index in [4.69, 9.17) is 43.1 Å². The van der Waals surface area contributed by atoms with Crippen LogP contribution in [-0.2, 0) is 23.8 Å². The second-order valence-corrected chi connectivity index (χ2v) is 9.81. The molecule has 3 N–H and O–H groups in total. The predicted molar refractivity (Wildman–Crippen MR) is 140 cm³/mol. The van der Waals surface area contributed by atoms with Crippen molar-refractivity contribution in [1.82, 2.24) is 14.9 Å². The molecule has 0 saturated carbocycles. The minimum atomic E-state index is -0.918. The molecule has 0 aliphatic carbocycles. The van der Waals surface area contributed by atoms with Crippen LogP contribution in [0.4, 0.5) is 21.7 Å². The maximum absolute atomic E-state index is 14.9. The van der Waals surface area contributed by atoms with Gasteiger partial charge < -0.3 is 30.2 Å². The molecule has 2 aliphatic rings. The van der Waals surface area contributed by atoms with Crippen LogP contribution in [0.15, 0.2) is 24.5 Å². The number of amides is 2. The number of piperidine rings is 2. The number of nitrogens with zero attached hydrogens (tertiary/aromatic N) is 4. The van der Waals surface area contributed by atoms with Gasteiger partial charge >= 0.3 is 0 Å². The Balaban J connectivity index is 1.55. The second-order valence-electron chi connectivity index (χ2n) is 8.93. The first kappa shape index (κ1) is 28.2. The van der Waals surface area contributed by atoms with Crippen molar-refractivity contribution in [3.8, 4) is 0 Å². The molecule has 2 fully saturated rings. The van der Waals surface area contributed by atoms with Crippen LogP contribution in [0.2, 0.25) is 10.0 Å². The van der Waals surface area contributed by atoms with E-state index in [9.17, 15) is 14.0 Å². The largest absolute Gasteiger partial charge is 0.382 e. The topological polar surface area (TPSA) is 132 Å². The van der Waals surface area contributed by atoms with E-state index >= 15 is 0 Å². The second kappa shape index (κ2) is 12.9. The lowest BCUT2D eigenvalue weighted by Crippen LogP contribution is -2.62. The first-order valence-corrected chi connectivity index (χ1v) is 12.8. The Labute approximate surface area is 229 Å². The Bertz CT molecular complexity index is 1140. The van der Waals surface area contributed by atoms with Gasteiger partial charge in [-0.05, 0) is 31.0 Å². The molecule has 1 unspecified atom stereocenters. The van der Waals surface area contributed by atoms with Gasteiger partial charge in [0.2, 0.25) is 11.7 Å². The minimum absolute atomic E-state index is 0.00106. The fourth-order valence-electron chi connectivity index (χ4n) is 4.56. The van der Waals surface area contributed by atoms with Gasteiger partial charge in [0.05, 0.1) is 25.9 Å². The van der Waals surface area contributed by atoms with E-state index in [1.54, 1.807) is 25.3 Å². The molecule has 38 heavy (non-hydrogen) atoms. The van der Waals surface area contributed by atoms with E-state index < -0.39 is 29.9 Å². The molecule has 1 aromatic heterocycles. The van der Waals surface area contributed by atoms with Crippen LogP contribution < -0.4 is 16.0 Å². The Morgan fingerprint density at radius 2 is 1.92 bits per heavy atom. The summed E-state index contributed by atoms with van der Waals surface area (Å²) < 4.78 is 31.1. The number of nitrogens with one attached hydrogen (secondary N) is 1. The zero-order chi connectivity index (χ0) is 27.2. The third-order valence-corrected chi connectivity index (χ3v) is 6.79. The van der Waals surface area contributed by atoms with Crippen LogP contribution in [0.3, 0.4) is 0 Å². The van der Waals surface area contributed by atoms with Crippen LogP contribution in [0.25, 0.3) is 0 Å². The molecular formula is C24H29Cl2FN6O5. The Morgan fingerprint density at radius 1 is 1.16 bits per heavy atom. The number of carbonyl (C=O) groups is 2. The van der Waals surface area contributed by atoms with Crippen molar-refractivity contribution in [3.05, 3.63) is 40.4 Å². The molecule has 2 aromatic rings. The standard InChI is InChI=1S/C24H29Cl2FN6O5/c1-36-5-6-37-13-38-17-10-19(24(35)33(11-17)22-20(27)21(28)29-12-30-22)32-4-2-3-18(23(32)34)31-16-8-14(25)7-15(26)9-16/h7-9,12,17-19,31H,2-6,10-11,13H2,1H3,(H2,28,29,30)/t17-,18?,19+/m0/s1. The number of methoxy groups -OCH3 is 1. The van der Waals surface area contributed by atoms with Crippen molar-refractivity contribution < 1.29 is 28.2 Å². The zero-order valence-corrected chi connectivity index (χ0v) is 22.3. The Hall–Kier alpha value is -2.77. The molecule has 0 radical (unpaired) electrons. The zero-order valence-electron chi connectivity index (χ0n) is 20.7. The summed E-state index contributed by atoms with van der Waals surface area (Å²) in [6, 6.07) is 3.41. The summed E-state index contributed by atoms with van der Waals surface area (Å²) in [6.07, 6.45) is 1.91. The molecule has 0 spiro atoms. The maximum atomic E-state index is 14.9. The van der Waals surface area contributed by atoms with Crippen LogP contribution in [-0.4, -0.2) is 85.1 Å². The number of nitrogen functional groups attached to an aromatic ring is 1. The average Bonchev–Trinajstić information content (AvgIpc) is 2.87. The summed E-state index contributed by atoms with van der Waals surface area (Å²) in [6.45, 7) is 0.994. The van der Waals surface area contributed by atoms with E-state index in [2.05, 4.69) is 15.3 Å². The first-order valence-electron chi connectivity index (χ1n) is 12.1. The van der Waals surface area contributed by atoms with Gasteiger partial charge in [0.15, 0.2) is 11.6 Å². The molecule has 0 bridgehead atoms. The number of carbonyl (C=O) groups excluding carboxylic acids is 2. The number of ether oxygens (including phenoxy) is 3. The van der Waals surface area contributed by atoms with E-state index in [1.807, 2.05) is 0 Å². The number of benzene rings is 1. The quantitative estimate of drug-likeness (QED) is 0.326. The maximum Gasteiger partial charge on any atom is 0.251 e. The highest BCUT2D eigenvalue weighted by Crippen LogP contribution is 2.30. The molecule has 3 atom stereocenters. The fourth-order valence-corrected chi connectivity index (χ4v) is 5.08. The van der Waals surface area contributed by atoms with Gasteiger partial charge in [0, 0.05) is 35.8 Å². The number of hydrogen-bond acceptors (Lipinski definition) is 9. The summed E-state index contributed by atoms with van der Waals surface area (Å²) in [5.74, 6) is -2.33. The summed E-state index contributed by atoms with van der Waals surface area (Å²) in [5.41, 5.74) is 6.22. The first-order chi connectivity index (χ1) is 18.3. The van der Waals surface area contributed by atoms with Gasteiger partial charge in [0.1, 0.15) is 25.2 Å². The van der Waals surface area contributed by atoms with Gasteiger partial charge in [-0.3, -0.25) is 14.5 Å². The summed E-state index contributed by atoms with van der Waals surface area (Å²) in [7, 11) is 1.56. The third kappa shape index (κ3) is 6.62. The average molecular weight is 571 g/mol. The molecule has 2 saturated heterocycles. The summed E-state index contributed by atoms with van der Waals surface area (Å²) in [5, 5.41) is 4.03. The Kier molecular flexibility index (Phi) is 9.55. The van der Waals surface area contributed by atoms with Crippen molar-refractivity contribution in [3.63, 3.8) is 0 Å². The monoisotopic (exact) mass is 570 g/mol. The molecule has 11 nitrogen and oxygen atoms in total. The Morgan fingerprint density at radius 3 is 2.66 bits per heavy atom. The van der Waals surface area contributed by atoms with Crippen LogP contribution in [0, 0.1) is 5.82 Å². The van der Waals surface area contributed by atoms with Crippen LogP contribution >= 0.6 is 23.2 Å². The molecular weight excluding hydrogens is 542 g/mol. The fraction of sp³-hybridized carbons (Fsp3) is 0.500. The number of nitrogens with two attached hydrogens (primary N) is 1. The van der Waals surface area contributed by atoms with Gasteiger partial charge in [-0.25, -0.2) is 9.97 Å². The number of aromatic nitrogens is 2. The molecule has 206 valence electrons. The molecule has 14 heteroatoms. The molecule has 2 amide bonds. The van der Waals surface area contributed by atoms with Crippen molar-refractivity contribution >= 4 is 52.3 Å². The number of likely N-dealkylation sites (tertiary alicyclic amines) is 1. The lowest BCUT2D eigenvalue weighted by Gasteiger charge is -2.44. The van der Waals surface area contributed by atoms with E-state index in [0.717, 1.165) is 11.2 Å². The molecule has 3 heterocycles. The van der Waals surface area contributed by atoms with Crippen molar-refractivity contribution in [2.45, 2.75) is 37.5 Å². The van der Waals surface area contributed by atoms with Crippen LogP contribution in [0.1, 0.15) is 19.3 Å². The van der Waals surface area contributed by atoms with Gasteiger partial charge in [-0.15, -0.1) is 0 Å². The lowest BCUT2D eigenvalue weighted by molar-refractivity contribution is -0.149. The van der Waals surface area contributed by atoms with Gasteiger partial charge in [-0.1, -0.05) is 23.2 Å². The number of rotatable bonds is 10. The number of halogens is 3. The predicted octanol–water partition coefficient (Wildman–Crippen LogP) is 2.72. The molecule has 2 aliphatic heterocycles. The van der Waals surface area contributed by atoms with Crippen molar-refractivity contribution in [2.75, 3.05) is 56.2 Å². The lowest BCUT2D eigenvalue weighted by atomic mass is 9.95. The van der Waals surface area contributed by atoms with E-state index in [-0.39, 0.29) is 37.3 Å². The normalized spacial score (nSPS) is 22.2. The van der Waals surface area contributed by atoms with Gasteiger partial charge in [-0.2, -0.15) is 4.39 Å². The minimum Gasteiger partial charge on any atom is -0.382 e. The molecule has 1 aromatic carbocycles. The highest BCUT2D eigenvalue weighted by molar-refractivity contribution is 6.35. The summed E-state index contributed by atoms with van der Waals surface area (Å²) >= 11 is 12.2. The van der Waals surface area contributed by atoms with E-state index in [1.165, 1.54) is 4.90 Å². The number of anilines is 3. The van der Waals surface area contributed by atoms with Gasteiger partial charge in [0.25, 0.3) is 5.91 Å². The number of hydrogen-bond donors (Lipinski definition) is 2. The van der Waals surface area contributed by atoms with E-state index in [0.29, 0.717) is 48.3 Å². The highest BCUT2D eigenvalue weighted by atomic mass is 35.5. The molecule has 4 rings (SSSR count). The highest BCUT2D eigenvalue weighted by Gasteiger charge is 2.44. The van der Waals surface area contributed by atoms with Crippen molar-refractivity contribution in [1.29, 1.82) is 0 Å². The summed E-state index contributed by atoms with van der Waals surface area (Å²) in [4.78, 5) is 37.5. The van der Waals surface area contributed by atoms with Crippen molar-refractivity contribution in [2.24, 2.45) is 0 Å². The smallest absolute Gasteiger partial charge is 0.251 e. The third-order valence-electron chi connectivity index (χ3n) is 6.35. The van der Waals surface area contributed by atoms with Crippen LogP contribution in [0.5, 0.6) is 0 Å².